The zero-order valence-electron chi connectivity index (χ0n) is 18.3. The standard InChI is InChI=1S/C24H29NO5S/c1-18-11-12-21(15-19(18)2)31(28,29)24(13-7-8-14-24)23(27)30-17-22(26)25(3)16-20-9-5-4-6-10-20/h4-6,9-12,15H,7-8,13-14,16-17H2,1-3H3. The van der Waals surface area contributed by atoms with Crippen LogP contribution in [0, 0.1) is 13.8 Å². The van der Waals surface area contributed by atoms with E-state index in [4.69, 9.17) is 4.74 Å². The van der Waals surface area contributed by atoms with Crippen molar-refractivity contribution in [3.8, 4) is 0 Å². The number of sulfone groups is 1. The van der Waals surface area contributed by atoms with Crippen molar-refractivity contribution in [1.82, 2.24) is 4.90 Å². The molecule has 0 heterocycles. The number of aryl methyl sites for hydroxylation is 2. The third-order valence-corrected chi connectivity index (χ3v) is 8.58. The molecule has 0 radical (unpaired) electrons. The Morgan fingerprint density at radius 2 is 1.65 bits per heavy atom. The molecule has 0 atom stereocenters. The molecule has 6 nitrogen and oxygen atoms in total. The van der Waals surface area contributed by atoms with Crippen LogP contribution in [0.5, 0.6) is 0 Å². The molecule has 1 aliphatic carbocycles. The molecule has 0 bridgehead atoms. The van der Waals surface area contributed by atoms with Gasteiger partial charge in [0.15, 0.2) is 21.2 Å². The number of ether oxygens (including phenoxy) is 1. The van der Waals surface area contributed by atoms with Gasteiger partial charge in [0.2, 0.25) is 0 Å². The van der Waals surface area contributed by atoms with Gasteiger partial charge in [-0.2, -0.15) is 0 Å². The summed E-state index contributed by atoms with van der Waals surface area (Å²) in [5, 5.41) is 0. The number of rotatable bonds is 7. The SMILES string of the molecule is Cc1ccc(S(=O)(=O)C2(C(=O)OCC(=O)N(C)Cc3ccccc3)CCCC2)cc1C. The van der Waals surface area contributed by atoms with Crippen LogP contribution < -0.4 is 0 Å². The predicted octanol–water partition coefficient (Wildman–Crippen LogP) is 3.59. The first-order chi connectivity index (χ1) is 14.7. The summed E-state index contributed by atoms with van der Waals surface area (Å²) in [4.78, 5) is 27.1. The van der Waals surface area contributed by atoms with Crippen LogP contribution in [0.4, 0.5) is 0 Å². The van der Waals surface area contributed by atoms with E-state index >= 15 is 0 Å². The van der Waals surface area contributed by atoms with E-state index in [0.29, 0.717) is 19.4 Å². The molecule has 0 spiro atoms. The fourth-order valence-corrected chi connectivity index (χ4v) is 6.08. The fourth-order valence-electron chi connectivity index (χ4n) is 3.95. The molecule has 166 valence electrons. The Morgan fingerprint density at radius 3 is 2.26 bits per heavy atom. The molecule has 0 aliphatic heterocycles. The Hall–Kier alpha value is -2.67. The Labute approximate surface area is 184 Å². The van der Waals surface area contributed by atoms with Gasteiger partial charge < -0.3 is 9.64 Å². The average molecular weight is 444 g/mol. The Kier molecular flexibility index (Phi) is 6.84. The molecule has 0 saturated heterocycles. The lowest BCUT2D eigenvalue weighted by atomic mass is 10.1. The number of amides is 1. The molecule has 2 aromatic rings. The Bertz CT molecular complexity index is 1060. The van der Waals surface area contributed by atoms with Crippen LogP contribution in [-0.4, -0.2) is 43.6 Å². The molecule has 0 aromatic heterocycles. The molecule has 31 heavy (non-hydrogen) atoms. The summed E-state index contributed by atoms with van der Waals surface area (Å²) >= 11 is 0. The van der Waals surface area contributed by atoms with Gasteiger partial charge in [0.25, 0.3) is 5.91 Å². The van der Waals surface area contributed by atoms with Crippen molar-refractivity contribution in [1.29, 1.82) is 0 Å². The van der Waals surface area contributed by atoms with Crippen LogP contribution in [-0.2, 0) is 30.7 Å². The minimum absolute atomic E-state index is 0.127. The van der Waals surface area contributed by atoms with Gasteiger partial charge in [0.05, 0.1) is 4.90 Å². The maximum atomic E-state index is 13.5. The van der Waals surface area contributed by atoms with E-state index in [0.717, 1.165) is 16.7 Å². The van der Waals surface area contributed by atoms with Crippen LogP contribution >= 0.6 is 0 Å². The van der Waals surface area contributed by atoms with Gasteiger partial charge in [-0.15, -0.1) is 0 Å². The van der Waals surface area contributed by atoms with E-state index < -0.39 is 27.2 Å². The second-order valence-corrected chi connectivity index (χ2v) is 10.5. The van der Waals surface area contributed by atoms with Gasteiger partial charge in [0, 0.05) is 13.6 Å². The van der Waals surface area contributed by atoms with Crippen molar-refractivity contribution < 1.29 is 22.7 Å². The first-order valence-electron chi connectivity index (χ1n) is 10.4. The number of benzene rings is 2. The topological polar surface area (TPSA) is 80.7 Å². The number of esters is 1. The molecule has 7 heteroatoms. The van der Waals surface area contributed by atoms with Gasteiger partial charge in [0.1, 0.15) is 0 Å². The van der Waals surface area contributed by atoms with E-state index in [1.807, 2.05) is 44.2 Å². The summed E-state index contributed by atoms with van der Waals surface area (Å²) < 4.78 is 30.6. The third-order valence-electron chi connectivity index (χ3n) is 6.10. The predicted molar refractivity (Wildman–Crippen MR) is 118 cm³/mol. The van der Waals surface area contributed by atoms with Crippen LogP contribution in [0.15, 0.2) is 53.4 Å². The summed E-state index contributed by atoms with van der Waals surface area (Å²) in [5.74, 6) is -1.21. The van der Waals surface area contributed by atoms with Crippen molar-refractivity contribution in [2.24, 2.45) is 0 Å². The maximum Gasteiger partial charge on any atom is 0.328 e. The number of likely N-dealkylation sites (N-methyl/N-ethyl adjacent to an activating group) is 1. The highest BCUT2D eigenvalue weighted by atomic mass is 32.2. The molecule has 2 aromatic carbocycles. The highest BCUT2D eigenvalue weighted by Crippen LogP contribution is 2.41. The van der Waals surface area contributed by atoms with Crippen molar-refractivity contribution in [2.45, 2.75) is 55.7 Å². The third kappa shape index (κ3) is 4.66. The molecule has 1 aliphatic rings. The van der Waals surface area contributed by atoms with E-state index in [9.17, 15) is 18.0 Å². The van der Waals surface area contributed by atoms with Crippen molar-refractivity contribution >= 4 is 21.7 Å². The minimum atomic E-state index is -3.95. The lowest BCUT2D eigenvalue weighted by Crippen LogP contribution is -2.46. The quantitative estimate of drug-likeness (QED) is 0.611. The van der Waals surface area contributed by atoms with E-state index in [2.05, 4.69) is 0 Å². The normalized spacial score (nSPS) is 15.5. The van der Waals surface area contributed by atoms with Crippen LogP contribution in [0.25, 0.3) is 0 Å². The lowest BCUT2D eigenvalue weighted by molar-refractivity contribution is -0.153. The maximum absolute atomic E-state index is 13.5. The lowest BCUT2D eigenvalue weighted by Gasteiger charge is -2.27. The average Bonchev–Trinajstić information content (AvgIpc) is 3.26. The molecule has 3 rings (SSSR count). The van der Waals surface area contributed by atoms with E-state index in [1.165, 1.54) is 4.90 Å². The van der Waals surface area contributed by atoms with Gasteiger partial charge in [-0.1, -0.05) is 49.2 Å². The second kappa shape index (κ2) is 9.22. The molecular weight excluding hydrogens is 414 g/mol. The van der Waals surface area contributed by atoms with E-state index in [1.54, 1.807) is 25.2 Å². The summed E-state index contributed by atoms with van der Waals surface area (Å²) in [7, 11) is -2.33. The fraction of sp³-hybridized carbons (Fsp3) is 0.417. The van der Waals surface area contributed by atoms with Crippen molar-refractivity contribution in [3.05, 3.63) is 65.2 Å². The second-order valence-electron chi connectivity index (χ2n) is 8.26. The van der Waals surface area contributed by atoms with Gasteiger partial charge in [-0.3, -0.25) is 9.59 Å². The van der Waals surface area contributed by atoms with Crippen molar-refractivity contribution in [3.63, 3.8) is 0 Å². The van der Waals surface area contributed by atoms with Crippen LogP contribution in [0.3, 0.4) is 0 Å². The number of carbonyl (C=O) groups excluding carboxylic acids is 2. The monoisotopic (exact) mass is 443 g/mol. The Morgan fingerprint density at radius 1 is 1.00 bits per heavy atom. The summed E-state index contributed by atoms with van der Waals surface area (Å²) in [6.07, 6.45) is 1.66. The number of nitrogens with zero attached hydrogens (tertiary/aromatic N) is 1. The Balaban J connectivity index is 1.74. The highest BCUT2D eigenvalue weighted by molar-refractivity contribution is 7.93. The zero-order chi connectivity index (χ0) is 22.6. The molecule has 0 N–H and O–H groups in total. The first kappa shape index (κ1) is 23.0. The van der Waals surface area contributed by atoms with Gasteiger partial charge in [-0.05, 0) is 55.5 Å². The first-order valence-corrected chi connectivity index (χ1v) is 11.9. The largest absolute Gasteiger partial charge is 0.454 e. The number of hydrogen-bond donors (Lipinski definition) is 0. The smallest absolute Gasteiger partial charge is 0.328 e. The van der Waals surface area contributed by atoms with Gasteiger partial charge in [-0.25, -0.2) is 8.42 Å². The minimum Gasteiger partial charge on any atom is -0.454 e. The number of hydrogen-bond acceptors (Lipinski definition) is 5. The van der Waals surface area contributed by atoms with Crippen LogP contribution in [0.2, 0.25) is 0 Å². The molecule has 1 amide bonds. The summed E-state index contributed by atoms with van der Waals surface area (Å²) in [6, 6.07) is 14.4. The molecule has 1 fully saturated rings. The molecule has 1 saturated carbocycles. The zero-order valence-corrected chi connectivity index (χ0v) is 19.1. The molecular formula is C24H29NO5S. The molecule has 0 unspecified atom stereocenters. The summed E-state index contributed by atoms with van der Waals surface area (Å²) in [5.41, 5.74) is 2.78. The van der Waals surface area contributed by atoms with Crippen molar-refractivity contribution in [2.75, 3.05) is 13.7 Å². The number of carbonyl (C=O) groups is 2. The van der Waals surface area contributed by atoms with E-state index in [-0.39, 0.29) is 23.6 Å². The van der Waals surface area contributed by atoms with Gasteiger partial charge >= 0.3 is 5.97 Å². The highest BCUT2D eigenvalue weighted by Gasteiger charge is 2.54. The van der Waals surface area contributed by atoms with Crippen LogP contribution in [0.1, 0.15) is 42.4 Å². The summed E-state index contributed by atoms with van der Waals surface area (Å²) in [6.45, 7) is 3.65.